The Morgan fingerprint density at radius 2 is 1.85 bits per heavy atom. The van der Waals surface area contributed by atoms with Crippen LogP contribution in [0.4, 0.5) is 0 Å². The van der Waals surface area contributed by atoms with Gasteiger partial charge < -0.3 is 9.72 Å². The van der Waals surface area contributed by atoms with Gasteiger partial charge in [-0.15, -0.1) is 0 Å². The van der Waals surface area contributed by atoms with Crippen molar-refractivity contribution >= 4 is 38.1 Å². The van der Waals surface area contributed by atoms with E-state index in [4.69, 9.17) is 9.84 Å². The minimum absolute atomic E-state index is 0.268. The number of hydrogen-bond donors (Lipinski definition) is 1. The lowest BCUT2D eigenvalue weighted by Gasteiger charge is -2.32. The van der Waals surface area contributed by atoms with Crippen LogP contribution in [0, 0.1) is 11.3 Å². The molecule has 5 aromatic rings. The van der Waals surface area contributed by atoms with Crippen molar-refractivity contribution in [1.82, 2.24) is 19.5 Å². The van der Waals surface area contributed by atoms with Gasteiger partial charge in [0.25, 0.3) is 0 Å². The van der Waals surface area contributed by atoms with Gasteiger partial charge in [-0.3, -0.25) is 4.90 Å². The number of nitrogens with zero attached hydrogens (tertiary/aromatic N) is 3. The average Bonchev–Trinajstić information content (AvgIpc) is 3.40. The number of pyridine rings is 1. The third-order valence-corrected chi connectivity index (χ3v) is 6.85. The predicted octanol–water partition coefficient (Wildman–Crippen LogP) is 6.56. The molecule has 2 aromatic carbocycles. The molecule has 0 unspecified atom stereocenters. The Bertz CT molecular complexity index is 1530. The summed E-state index contributed by atoms with van der Waals surface area (Å²) < 4.78 is 8.56. The molecule has 0 aliphatic carbocycles. The number of aromatic nitrogens is 3. The summed E-state index contributed by atoms with van der Waals surface area (Å²) in [6, 6.07) is 13.1. The minimum atomic E-state index is 0.268. The Morgan fingerprint density at radius 1 is 1.03 bits per heavy atom. The van der Waals surface area contributed by atoms with E-state index in [0.717, 1.165) is 42.8 Å². The number of para-hydroxylation sites is 1. The van der Waals surface area contributed by atoms with Gasteiger partial charge in [-0.25, -0.2) is 4.52 Å². The summed E-state index contributed by atoms with van der Waals surface area (Å²) in [4.78, 5) is 6.00. The maximum absolute atomic E-state index is 6.37. The molecule has 1 aliphatic rings. The van der Waals surface area contributed by atoms with Crippen molar-refractivity contribution < 1.29 is 4.74 Å². The normalized spacial score (nSPS) is 15.2. The van der Waals surface area contributed by atoms with E-state index < -0.39 is 0 Å². The topological polar surface area (TPSA) is 45.6 Å². The van der Waals surface area contributed by atoms with Gasteiger partial charge in [-0.05, 0) is 29.5 Å². The summed E-state index contributed by atoms with van der Waals surface area (Å²) in [6.07, 6.45) is 3.02. The Morgan fingerprint density at radius 3 is 2.65 bits per heavy atom. The van der Waals surface area contributed by atoms with Crippen molar-refractivity contribution in [3.63, 3.8) is 0 Å². The van der Waals surface area contributed by atoms with Crippen LogP contribution < -0.4 is 4.74 Å². The lowest BCUT2D eigenvalue weighted by atomic mass is 9.93. The van der Waals surface area contributed by atoms with Gasteiger partial charge in [-0.2, -0.15) is 5.10 Å². The molecule has 34 heavy (non-hydrogen) atoms. The van der Waals surface area contributed by atoms with Crippen molar-refractivity contribution in [3.05, 3.63) is 53.9 Å². The van der Waals surface area contributed by atoms with E-state index in [2.05, 4.69) is 85.4 Å². The molecule has 176 valence electrons. The molecule has 0 radical (unpaired) electrons. The first-order valence-corrected chi connectivity index (χ1v) is 12.5. The standard InChI is InChI=1S/C29H34N4O/c1-18(2)16-34-25-8-6-7-20-26-19-11-13-30-23(19)10-9-21(26)27-22-15-32(17-29(3,4)5)14-12-24(22)31-33(27)28(20)25/h6-11,13,18,30H,12,14-17H2,1-5H3. The van der Waals surface area contributed by atoms with Crippen LogP contribution in [0.15, 0.2) is 42.6 Å². The van der Waals surface area contributed by atoms with Crippen molar-refractivity contribution in [2.24, 2.45) is 11.3 Å². The number of aromatic amines is 1. The van der Waals surface area contributed by atoms with Crippen LogP contribution >= 0.6 is 0 Å². The van der Waals surface area contributed by atoms with Crippen LogP contribution in [-0.2, 0) is 13.0 Å². The number of nitrogens with one attached hydrogen (secondary N) is 1. The molecule has 0 fully saturated rings. The molecule has 1 N–H and O–H groups in total. The van der Waals surface area contributed by atoms with Crippen LogP contribution in [0.3, 0.4) is 0 Å². The van der Waals surface area contributed by atoms with Crippen LogP contribution in [0.5, 0.6) is 5.75 Å². The maximum atomic E-state index is 6.37. The van der Waals surface area contributed by atoms with Gasteiger partial charge in [0, 0.05) is 64.9 Å². The fourth-order valence-corrected chi connectivity index (χ4v) is 5.61. The van der Waals surface area contributed by atoms with Gasteiger partial charge >= 0.3 is 0 Å². The zero-order chi connectivity index (χ0) is 23.6. The lowest BCUT2D eigenvalue weighted by Crippen LogP contribution is -2.36. The van der Waals surface area contributed by atoms with E-state index in [9.17, 15) is 0 Å². The monoisotopic (exact) mass is 454 g/mol. The Kier molecular flexibility index (Phi) is 4.89. The summed E-state index contributed by atoms with van der Waals surface area (Å²) >= 11 is 0. The lowest BCUT2D eigenvalue weighted by molar-refractivity contribution is 0.177. The maximum Gasteiger partial charge on any atom is 0.145 e. The zero-order valence-corrected chi connectivity index (χ0v) is 20.9. The molecule has 0 saturated carbocycles. The van der Waals surface area contributed by atoms with E-state index >= 15 is 0 Å². The second-order valence-corrected chi connectivity index (χ2v) is 11.5. The van der Waals surface area contributed by atoms with E-state index in [1.807, 2.05) is 6.20 Å². The van der Waals surface area contributed by atoms with E-state index in [-0.39, 0.29) is 5.41 Å². The minimum Gasteiger partial charge on any atom is -0.491 e. The van der Waals surface area contributed by atoms with Crippen LogP contribution in [-0.4, -0.2) is 39.2 Å². The SMILES string of the molecule is CC(C)COc1cccc2c3c4cc[nH]c4ccc3c3c4c(nn3c12)CCN(CC(C)(C)C)C4. The molecule has 1 aliphatic heterocycles. The first kappa shape index (κ1) is 21.5. The molecule has 6 rings (SSSR count). The number of benzene rings is 2. The highest BCUT2D eigenvalue weighted by Crippen LogP contribution is 2.40. The summed E-state index contributed by atoms with van der Waals surface area (Å²) in [6.45, 7) is 15.1. The number of rotatable bonds is 4. The average molecular weight is 455 g/mol. The molecular weight excluding hydrogens is 420 g/mol. The van der Waals surface area contributed by atoms with E-state index in [1.165, 1.54) is 38.3 Å². The first-order chi connectivity index (χ1) is 16.3. The van der Waals surface area contributed by atoms with Gasteiger partial charge in [-0.1, -0.05) is 52.8 Å². The summed E-state index contributed by atoms with van der Waals surface area (Å²) in [5.41, 5.74) is 6.35. The summed E-state index contributed by atoms with van der Waals surface area (Å²) in [5.74, 6) is 1.37. The number of hydrogen-bond acceptors (Lipinski definition) is 3. The Labute approximate surface area is 200 Å². The van der Waals surface area contributed by atoms with Crippen molar-refractivity contribution in [3.8, 4) is 5.75 Å². The van der Waals surface area contributed by atoms with Gasteiger partial charge in [0.15, 0.2) is 0 Å². The molecule has 5 nitrogen and oxygen atoms in total. The molecule has 0 amide bonds. The predicted molar refractivity (Wildman–Crippen MR) is 141 cm³/mol. The fourth-order valence-electron chi connectivity index (χ4n) is 5.61. The highest BCUT2D eigenvalue weighted by molar-refractivity contribution is 6.24. The molecule has 3 aromatic heterocycles. The van der Waals surface area contributed by atoms with E-state index in [0.29, 0.717) is 12.5 Å². The van der Waals surface area contributed by atoms with Crippen molar-refractivity contribution in [2.75, 3.05) is 19.7 Å². The van der Waals surface area contributed by atoms with Gasteiger partial charge in [0.1, 0.15) is 11.3 Å². The van der Waals surface area contributed by atoms with Crippen LogP contribution in [0.25, 0.3) is 38.1 Å². The third-order valence-electron chi connectivity index (χ3n) is 6.85. The Hall–Kier alpha value is -3.05. The second-order valence-electron chi connectivity index (χ2n) is 11.5. The molecule has 0 atom stereocenters. The fraction of sp³-hybridized carbons (Fsp3) is 0.414. The molecule has 0 saturated heterocycles. The molecule has 0 bridgehead atoms. The first-order valence-electron chi connectivity index (χ1n) is 12.5. The van der Waals surface area contributed by atoms with Crippen molar-refractivity contribution in [2.45, 2.75) is 47.6 Å². The number of ether oxygens (including phenoxy) is 1. The Balaban J connectivity index is 1.69. The van der Waals surface area contributed by atoms with Gasteiger partial charge in [0.05, 0.1) is 17.8 Å². The van der Waals surface area contributed by atoms with Crippen LogP contribution in [0.2, 0.25) is 0 Å². The quantitative estimate of drug-likeness (QED) is 0.313. The molecule has 4 heterocycles. The summed E-state index contributed by atoms with van der Waals surface area (Å²) in [7, 11) is 0. The molecular formula is C29H34N4O. The second kappa shape index (κ2) is 7.74. The zero-order valence-electron chi connectivity index (χ0n) is 20.9. The third kappa shape index (κ3) is 3.45. The number of fused-ring (bicyclic) bond motifs is 10. The molecule has 0 spiro atoms. The largest absolute Gasteiger partial charge is 0.491 e. The smallest absolute Gasteiger partial charge is 0.145 e. The van der Waals surface area contributed by atoms with Crippen molar-refractivity contribution in [1.29, 1.82) is 0 Å². The number of H-pyrrole nitrogens is 1. The highest BCUT2D eigenvalue weighted by atomic mass is 16.5. The van der Waals surface area contributed by atoms with Gasteiger partial charge in [0.2, 0.25) is 0 Å². The summed E-state index contributed by atoms with van der Waals surface area (Å²) in [5, 5.41) is 10.2. The van der Waals surface area contributed by atoms with Crippen LogP contribution in [0.1, 0.15) is 45.9 Å². The molecule has 5 heteroatoms. The van der Waals surface area contributed by atoms with E-state index in [1.54, 1.807) is 0 Å². The highest BCUT2D eigenvalue weighted by Gasteiger charge is 2.28.